The Morgan fingerprint density at radius 2 is 1.18 bits per heavy atom. The molecular formula is C22H30. The highest BCUT2D eigenvalue weighted by molar-refractivity contribution is 5.67. The van der Waals surface area contributed by atoms with E-state index in [9.17, 15) is 0 Å². The van der Waals surface area contributed by atoms with Gasteiger partial charge in [0, 0.05) is 0 Å². The van der Waals surface area contributed by atoms with Crippen LogP contribution < -0.4 is 0 Å². The van der Waals surface area contributed by atoms with E-state index in [-0.39, 0.29) is 0 Å². The first-order valence-corrected chi connectivity index (χ1v) is 9.05. The van der Waals surface area contributed by atoms with Crippen molar-refractivity contribution in [3.8, 4) is 11.1 Å². The van der Waals surface area contributed by atoms with Crippen molar-refractivity contribution in [3.05, 3.63) is 60.2 Å². The maximum absolute atomic E-state index is 2.30. The van der Waals surface area contributed by atoms with Gasteiger partial charge in [-0.3, -0.25) is 0 Å². The van der Waals surface area contributed by atoms with Gasteiger partial charge in [-0.05, 0) is 29.5 Å². The Bertz CT molecular complexity index is 513. The van der Waals surface area contributed by atoms with E-state index in [0.717, 1.165) is 0 Å². The van der Waals surface area contributed by atoms with Gasteiger partial charge < -0.3 is 0 Å². The summed E-state index contributed by atoms with van der Waals surface area (Å²) in [4.78, 5) is 0. The lowest BCUT2D eigenvalue weighted by Gasteiger charge is -2.09. The Kier molecular flexibility index (Phi) is 7.80. The van der Waals surface area contributed by atoms with Crippen molar-refractivity contribution in [1.82, 2.24) is 0 Å². The molecule has 0 radical (unpaired) electrons. The number of rotatable bonds is 10. The Morgan fingerprint density at radius 1 is 0.591 bits per heavy atom. The number of hydrogen-bond acceptors (Lipinski definition) is 0. The highest BCUT2D eigenvalue weighted by atomic mass is 14.1. The van der Waals surface area contributed by atoms with E-state index in [1.807, 2.05) is 0 Å². The monoisotopic (exact) mass is 294 g/mol. The molecule has 2 aromatic carbocycles. The van der Waals surface area contributed by atoms with Crippen molar-refractivity contribution >= 4 is 0 Å². The molecule has 0 saturated carbocycles. The number of hydrogen-bond donors (Lipinski definition) is 0. The predicted molar refractivity (Wildman–Crippen MR) is 98.2 cm³/mol. The second-order valence-corrected chi connectivity index (χ2v) is 6.25. The Morgan fingerprint density at radius 3 is 1.91 bits per heavy atom. The van der Waals surface area contributed by atoms with Gasteiger partial charge in [-0.1, -0.05) is 106 Å². The summed E-state index contributed by atoms with van der Waals surface area (Å²) >= 11 is 0. The van der Waals surface area contributed by atoms with Crippen molar-refractivity contribution in [2.24, 2.45) is 0 Å². The lowest BCUT2D eigenvalue weighted by molar-refractivity contribution is 0.575. The van der Waals surface area contributed by atoms with Crippen LogP contribution in [0.4, 0.5) is 0 Å². The van der Waals surface area contributed by atoms with E-state index in [0.29, 0.717) is 0 Å². The topological polar surface area (TPSA) is 0 Å². The molecule has 2 aromatic rings. The molecule has 0 nitrogen and oxygen atoms in total. The van der Waals surface area contributed by atoms with Crippen molar-refractivity contribution in [3.63, 3.8) is 0 Å². The number of benzene rings is 2. The minimum absolute atomic E-state index is 1.21. The molecule has 0 saturated heterocycles. The van der Waals surface area contributed by atoms with Gasteiger partial charge >= 0.3 is 0 Å². The van der Waals surface area contributed by atoms with Gasteiger partial charge in [0.05, 0.1) is 0 Å². The van der Waals surface area contributed by atoms with Gasteiger partial charge in [0.15, 0.2) is 0 Å². The number of aryl methyl sites for hydroxylation is 1. The first kappa shape index (κ1) is 16.8. The summed E-state index contributed by atoms with van der Waals surface area (Å²) in [5.74, 6) is 0. The standard InChI is InChI=1S/C22H30/c1-2-3-4-5-6-7-8-10-15-21-18-13-14-19-22(21)20-16-11-9-12-17-20/h9,11-14,16-19H,2-8,10,15H2,1H3. The van der Waals surface area contributed by atoms with Gasteiger partial charge in [0.1, 0.15) is 0 Å². The third-order valence-corrected chi connectivity index (χ3v) is 4.40. The molecule has 0 atom stereocenters. The molecule has 0 amide bonds. The van der Waals surface area contributed by atoms with Crippen LogP contribution in [0.2, 0.25) is 0 Å². The fraction of sp³-hybridized carbons (Fsp3) is 0.455. The van der Waals surface area contributed by atoms with E-state index in [4.69, 9.17) is 0 Å². The second kappa shape index (κ2) is 10.2. The lowest BCUT2D eigenvalue weighted by atomic mass is 9.95. The van der Waals surface area contributed by atoms with Gasteiger partial charge in [-0.2, -0.15) is 0 Å². The molecule has 0 N–H and O–H groups in total. The van der Waals surface area contributed by atoms with E-state index in [1.54, 1.807) is 0 Å². The van der Waals surface area contributed by atoms with Crippen LogP contribution in [0.3, 0.4) is 0 Å². The highest BCUT2D eigenvalue weighted by Crippen LogP contribution is 2.25. The van der Waals surface area contributed by atoms with Crippen LogP contribution in [0.15, 0.2) is 54.6 Å². The fourth-order valence-corrected chi connectivity index (χ4v) is 3.09. The van der Waals surface area contributed by atoms with E-state index in [2.05, 4.69) is 61.5 Å². The Hall–Kier alpha value is -1.56. The summed E-state index contributed by atoms with van der Waals surface area (Å²) in [7, 11) is 0. The predicted octanol–water partition coefficient (Wildman–Crippen LogP) is 7.04. The van der Waals surface area contributed by atoms with Crippen LogP contribution in [0.25, 0.3) is 11.1 Å². The van der Waals surface area contributed by atoms with Crippen molar-refractivity contribution in [1.29, 1.82) is 0 Å². The summed E-state index contributed by atoms with van der Waals surface area (Å²) in [5.41, 5.74) is 4.25. The molecule has 0 heteroatoms. The van der Waals surface area contributed by atoms with Crippen molar-refractivity contribution in [2.75, 3.05) is 0 Å². The van der Waals surface area contributed by atoms with Crippen molar-refractivity contribution in [2.45, 2.75) is 64.7 Å². The van der Waals surface area contributed by atoms with Gasteiger partial charge in [-0.25, -0.2) is 0 Å². The first-order valence-electron chi connectivity index (χ1n) is 9.05. The molecule has 22 heavy (non-hydrogen) atoms. The third kappa shape index (κ3) is 5.67. The summed E-state index contributed by atoms with van der Waals surface area (Å²) in [6.45, 7) is 2.28. The van der Waals surface area contributed by atoms with Crippen LogP contribution in [-0.2, 0) is 6.42 Å². The van der Waals surface area contributed by atoms with E-state index in [1.165, 1.54) is 74.5 Å². The molecular weight excluding hydrogens is 264 g/mol. The lowest BCUT2D eigenvalue weighted by Crippen LogP contribution is -1.91. The van der Waals surface area contributed by atoms with Crippen molar-refractivity contribution < 1.29 is 0 Å². The highest BCUT2D eigenvalue weighted by Gasteiger charge is 2.03. The SMILES string of the molecule is CCCCCCCCCCc1ccccc1-c1ccccc1. The van der Waals surface area contributed by atoms with Crippen LogP contribution in [0.1, 0.15) is 63.9 Å². The second-order valence-electron chi connectivity index (χ2n) is 6.25. The number of unbranched alkanes of at least 4 members (excludes halogenated alkanes) is 7. The molecule has 0 fully saturated rings. The van der Waals surface area contributed by atoms with Crippen LogP contribution in [-0.4, -0.2) is 0 Å². The molecule has 0 spiro atoms. The largest absolute Gasteiger partial charge is 0.0654 e. The summed E-state index contributed by atoms with van der Waals surface area (Å²) in [6.07, 6.45) is 12.3. The Balaban J connectivity index is 1.77. The maximum atomic E-state index is 2.30. The van der Waals surface area contributed by atoms with Gasteiger partial charge in [-0.15, -0.1) is 0 Å². The van der Waals surface area contributed by atoms with Gasteiger partial charge in [0.25, 0.3) is 0 Å². The molecule has 0 unspecified atom stereocenters. The molecule has 0 aliphatic rings. The summed E-state index contributed by atoms with van der Waals surface area (Å²) < 4.78 is 0. The molecule has 0 bridgehead atoms. The van der Waals surface area contributed by atoms with Crippen LogP contribution in [0, 0.1) is 0 Å². The van der Waals surface area contributed by atoms with Gasteiger partial charge in [0.2, 0.25) is 0 Å². The van der Waals surface area contributed by atoms with E-state index >= 15 is 0 Å². The maximum Gasteiger partial charge on any atom is -0.0152 e. The fourth-order valence-electron chi connectivity index (χ4n) is 3.09. The smallest absolute Gasteiger partial charge is 0.0152 e. The summed E-state index contributed by atoms with van der Waals surface area (Å²) in [5, 5.41) is 0. The first-order chi connectivity index (χ1) is 10.9. The molecule has 0 aromatic heterocycles. The summed E-state index contributed by atoms with van der Waals surface area (Å²) in [6, 6.07) is 19.7. The minimum Gasteiger partial charge on any atom is -0.0654 e. The molecule has 2 rings (SSSR count). The quantitative estimate of drug-likeness (QED) is 0.412. The zero-order chi connectivity index (χ0) is 15.5. The molecule has 118 valence electrons. The minimum atomic E-state index is 1.21. The van der Waals surface area contributed by atoms with Crippen LogP contribution >= 0.6 is 0 Å². The molecule has 0 aliphatic heterocycles. The normalized spacial score (nSPS) is 10.8. The van der Waals surface area contributed by atoms with E-state index < -0.39 is 0 Å². The average Bonchev–Trinajstić information content (AvgIpc) is 2.58. The molecule has 0 aliphatic carbocycles. The Labute approximate surface area is 136 Å². The zero-order valence-electron chi connectivity index (χ0n) is 14.1. The third-order valence-electron chi connectivity index (χ3n) is 4.40. The van der Waals surface area contributed by atoms with Crippen LogP contribution in [0.5, 0.6) is 0 Å². The molecule has 0 heterocycles. The average molecular weight is 294 g/mol. The zero-order valence-corrected chi connectivity index (χ0v) is 14.1.